The van der Waals surface area contributed by atoms with Crippen LogP contribution in [-0.4, -0.2) is 41.3 Å². The average molecular weight is 214 g/mol. The van der Waals surface area contributed by atoms with Crippen LogP contribution in [-0.2, 0) is 0 Å². The molecule has 0 aromatic rings. The first-order chi connectivity index (χ1) is 7.00. The zero-order valence-corrected chi connectivity index (χ0v) is 9.86. The topological polar surface area (TPSA) is 52.6 Å². The highest BCUT2D eigenvalue weighted by Crippen LogP contribution is 2.22. The molecule has 88 valence electrons. The van der Waals surface area contributed by atoms with Crippen molar-refractivity contribution in [2.45, 2.75) is 57.7 Å². The third kappa shape index (κ3) is 3.70. The maximum Gasteiger partial charge on any atom is 0.317 e. The number of aliphatic hydroxyl groups excluding tert-OH is 1. The van der Waals surface area contributed by atoms with Gasteiger partial charge in [-0.15, -0.1) is 0 Å². The molecule has 0 radical (unpaired) electrons. The van der Waals surface area contributed by atoms with Crippen LogP contribution in [0.25, 0.3) is 0 Å². The van der Waals surface area contributed by atoms with Gasteiger partial charge in [0.2, 0.25) is 0 Å². The summed E-state index contributed by atoms with van der Waals surface area (Å²) in [4.78, 5) is 13.5. The second-order valence-electron chi connectivity index (χ2n) is 4.68. The fraction of sp³-hybridized carbons (Fsp3) is 0.909. The molecule has 0 bridgehead atoms. The van der Waals surface area contributed by atoms with Crippen LogP contribution >= 0.6 is 0 Å². The minimum Gasteiger partial charge on any atom is -0.393 e. The Morgan fingerprint density at radius 3 is 2.33 bits per heavy atom. The van der Waals surface area contributed by atoms with Gasteiger partial charge in [-0.05, 0) is 39.5 Å². The summed E-state index contributed by atoms with van der Waals surface area (Å²) in [6, 6.07) is 0.452. The highest BCUT2D eigenvalue weighted by molar-refractivity contribution is 5.74. The molecule has 0 saturated heterocycles. The van der Waals surface area contributed by atoms with E-state index in [2.05, 4.69) is 5.32 Å². The number of nitrogens with one attached hydrogen (secondary N) is 1. The number of hydrogen-bond donors (Lipinski definition) is 2. The monoisotopic (exact) mass is 214 g/mol. The molecule has 1 saturated carbocycles. The third-order valence-electron chi connectivity index (χ3n) is 2.95. The van der Waals surface area contributed by atoms with Crippen molar-refractivity contribution in [1.82, 2.24) is 10.2 Å². The number of aliphatic hydroxyl groups is 1. The quantitative estimate of drug-likeness (QED) is 0.729. The van der Waals surface area contributed by atoms with Crippen molar-refractivity contribution in [3.05, 3.63) is 0 Å². The highest BCUT2D eigenvalue weighted by atomic mass is 16.3. The van der Waals surface area contributed by atoms with E-state index in [-0.39, 0.29) is 24.2 Å². The lowest BCUT2D eigenvalue weighted by Gasteiger charge is -2.33. The molecular weight excluding hydrogens is 192 g/mol. The molecule has 0 spiro atoms. The van der Waals surface area contributed by atoms with E-state index in [1.54, 1.807) is 4.90 Å². The lowest BCUT2D eigenvalue weighted by atomic mass is 9.92. The third-order valence-corrected chi connectivity index (χ3v) is 2.95. The normalized spacial score (nSPS) is 26.5. The van der Waals surface area contributed by atoms with Crippen molar-refractivity contribution >= 4 is 6.03 Å². The minimum absolute atomic E-state index is 0.00797. The second kappa shape index (κ2) is 5.35. The van der Waals surface area contributed by atoms with Gasteiger partial charge in [0.05, 0.1) is 6.10 Å². The smallest absolute Gasteiger partial charge is 0.317 e. The van der Waals surface area contributed by atoms with Crippen LogP contribution in [0.15, 0.2) is 0 Å². The molecule has 1 aliphatic carbocycles. The van der Waals surface area contributed by atoms with Crippen LogP contribution in [0.4, 0.5) is 4.79 Å². The maximum atomic E-state index is 11.7. The van der Waals surface area contributed by atoms with Crippen LogP contribution in [0, 0.1) is 0 Å². The van der Waals surface area contributed by atoms with Gasteiger partial charge in [-0.1, -0.05) is 0 Å². The van der Waals surface area contributed by atoms with E-state index in [1.807, 2.05) is 20.9 Å². The summed E-state index contributed by atoms with van der Waals surface area (Å²) in [6.07, 6.45) is 3.27. The van der Waals surface area contributed by atoms with E-state index in [1.165, 1.54) is 0 Å². The van der Waals surface area contributed by atoms with E-state index in [9.17, 15) is 9.90 Å². The Balaban J connectivity index is 2.39. The van der Waals surface area contributed by atoms with Crippen LogP contribution in [0.1, 0.15) is 39.5 Å². The van der Waals surface area contributed by atoms with Crippen molar-refractivity contribution in [2.75, 3.05) is 7.05 Å². The number of nitrogens with zero attached hydrogens (tertiary/aromatic N) is 1. The van der Waals surface area contributed by atoms with Gasteiger partial charge in [0, 0.05) is 19.1 Å². The molecule has 0 aromatic heterocycles. The van der Waals surface area contributed by atoms with Gasteiger partial charge >= 0.3 is 6.03 Å². The first-order valence-electron chi connectivity index (χ1n) is 5.72. The predicted molar refractivity (Wildman–Crippen MR) is 59.7 cm³/mol. The summed E-state index contributed by atoms with van der Waals surface area (Å²) in [6.45, 7) is 3.91. The van der Waals surface area contributed by atoms with Gasteiger partial charge in [-0.2, -0.15) is 0 Å². The van der Waals surface area contributed by atoms with Gasteiger partial charge in [0.25, 0.3) is 0 Å². The van der Waals surface area contributed by atoms with Crippen molar-refractivity contribution < 1.29 is 9.90 Å². The average Bonchev–Trinajstić information content (AvgIpc) is 2.17. The molecule has 0 atom stereocenters. The molecule has 1 rings (SSSR count). The Bertz CT molecular complexity index is 211. The Kier molecular flexibility index (Phi) is 4.39. The summed E-state index contributed by atoms with van der Waals surface area (Å²) in [5, 5.41) is 12.2. The highest BCUT2D eigenvalue weighted by Gasteiger charge is 2.25. The fourth-order valence-corrected chi connectivity index (χ4v) is 1.96. The van der Waals surface area contributed by atoms with E-state index in [4.69, 9.17) is 0 Å². The minimum atomic E-state index is -0.164. The molecule has 0 heterocycles. The zero-order chi connectivity index (χ0) is 11.4. The zero-order valence-electron chi connectivity index (χ0n) is 9.86. The molecule has 2 N–H and O–H groups in total. The van der Waals surface area contributed by atoms with Crippen LogP contribution in [0.5, 0.6) is 0 Å². The van der Waals surface area contributed by atoms with Crippen molar-refractivity contribution in [1.29, 1.82) is 0 Å². The number of amides is 2. The Morgan fingerprint density at radius 2 is 1.87 bits per heavy atom. The number of carbonyl (C=O) groups excluding carboxylic acids is 1. The lowest BCUT2D eigenvalue weighted by molar-refractivity contribution is 0.0914. The van der Waals surface area contributed by atoms with Crippen LogP contribution in [0.2, 0.25) is 0 Å². The van der Waals surface area contributed by atoms with E-state index >= 15 is 0 Å². The fourth-order valence-electron chi connectivity index (χ4n) is 1.96. The van der Waals surface area contributed by atoms with E-state index in [0.29, 0.717) is 0 Å². The molecule has 4 heteroatoms. The van der Waals surface area contributed by atoms with E-state index < -0.39 is 0 Å². The SMILES string of the molecule is CC(C)NC(=O)N(C)C1CCC(O)CC1. The number of urea groups is 1. The molecule has 0 aliphatic heterocycles. The Labute approximate surface area is 91.6 Å². The van der Waals surface area contributed by atoms with Gasteiger partial charge in [-0.25, -0.2) is 4.79 Å². The van der Waals surface area contributed by atoms with Crippen LogP contribution < -0.4 is 5.32 Å². The number of rotatable bonds is 2. The predicted octanol–water partition coefficient (Wildman–Crippen LogP) is 1.34. The number of hydrogen-bond acceptors (Lipinski definition) is 2. The summed E-state index contributed by atoms with van der Waals surface area (Å²) in [5.74, 6) is 0. The maximum absolute atomic E-state index is 11.7. The largest absolute Gasteiger partial charge is 0.393 e. The lowest BCUT2D eigenvalue weighted by Crippen LogP contribution is -2.47. The standard InChI is InChI=1S/C11H22N2O2/c1-8(2)12-11(15)13(3)9-4-6-10(14)7-5-9/h8-10,14H,4-7H2,1-3H3,(H,12,15). The van der Waals surface area contributed by atoms with Gasteiger partial charge in [-0.3, -0.25) is 0 Å². The molecule has 2 amide bonds. The van der Waals surface area contributed by atoms with Crippen molar-refractivity contribution in [3.63, 3.8) is 0 Å². The Hall–Kier alpha value is -0.770. The van der Waals surface area contributed by atoms with Gasteiger partial charge in [0.1, 0.15) is 0 Å². The molecule has 1 fully saturated rings. The first kappa shape index (κ1) is 12.3. The van der Waals surface area contributed by atoms with Gasteiger partial charge in [0.15, 0.2) is 0 Å². The summed E-state index contributed by atoms with van der Waals surface area (Å²) in [5.41, 5.74) is 0. The summed E-state index contributed by atoms with van der Waals surface area (Å²) >= 11 is 0. The number of carbonyl (C=O) groups is 1. The molecule has 15 heavy (non-hydrogen) atoms. The van der Waals surface area contributed by atoms with Gasteiger partial charge < -0.3 is 15.3 Å². The van der Waals surface area contributed by atoms with Crippen LogP contribution in [0.3, 0.4) is 0 Å². The van der Waals surface area contributed by atoms with Crippen molar-refractivity contribution in [2.24, 2.45) is 0 Å². The molecule has 4 nitrogen and oxygen atoms in total. The molecule has 1 aliphatic rings. The summed E-state index contributed by atoms with van der Waals surface area (Å²) < 4.78 is 0. The molecule has 0 unspecified atom stereocenters. The second-order valence-corrected chi connectivity index (χ2v) is 4.68. The summed E-state index contributed by atoms with van der Waals surface area (Å²) in [7, 11) is 1.83. The van der Waals surface area contributed by atoms with E-state index in [0.717, 1.165) is 25.7 Å². The Morgan fingerprint density at radius 1 is 1.33 bits per heavy atom. The molecular formula is C11H22N2O2. The molecule has 0 aromatic carbocycles. The first-order valence-corrected chi connectivity index (χ1v) is 5.72. The van der Waals surface area contributed by atoms with Crippen molar-refractivity contribution in [3.8, 4) is 0 Å².